The number of nitrogens with zero attached hydrogens (tertiary/aromatic N) is 1. The number of hydrogen-bond donors (Lipinski definition) is 2. The lowest BCUT2D eigenvalue weighted by atomic mass is 9.86. The van der Waals surface area contributed by atoms with Gasteiger partial charge in [-0.05, 0) is 38.5 Å². The second kappa shape index (κ2) is 8.30. The van der Waals surface area contributed by atoms with Crippen LogP contribution < -0.4 is 5.32 Å². The van der Waals surface area contributed by atoms with E-state index in [0.717, 1.165) is 37.0 Å². The van der Waals surface area contributed by atoms with E-state index < -0.39 is 0 Å². The molecule has 2 N–H and O–H groups in total. The van der Waals surface area contributed by atoms with Gasteiger partial charge in [-0.15, -0.1) is 0 Å². The Morgan fingerprint density at radius 1 is 1.24 bits per heavy atom. The first-order chi connectivity index (χ1) is 12.1. The molecule has 5 heteroatoms. The monoisotopic (exact) mass is 342 g/mol. The number of aryl methyl sites for hydroxylation is 2. The minimum Gasteiger partial charge on any atom is -0.441 e. The quantitative estimate of drug-likeness (QED) is 0.845. The maximum Gasteiger partial charge on any atom is 0.220 e. The first-order valence-electron chi connectivity index (χ1n) is 9.06. The lowest BCUT2D eigenvalue weighted by Crippen LogP contribution is -2.38. The van der Waals surface area contributed by atoms with Crippen molar-refractivity contribution in [2.24, 2.45) is 5.92 Å². The van der Waals surface area contributed by atoms with Crippen LogP contribution in [0.4, 0.5) is 0 Å². The molecule has 0 bridgehead atoms. The average molecular weight is 342 g/mol. The van der Waals surface area contributed by atoms with Crippen LogP contribution >= 0.6 is 0 Å². The predicted molar refractivity (Wildman–Crippen MR) is 96.0 cm³/mol. The molecule has 1 heterocycles. The fraction of sp³-hybridized carbons (Fsp3) is 0.500. The molecule has 1 saturated carbocycles. The molecule has 134 valence electrons. The maximum absolute atomic E-state index is 12.1. The van der Waals surface area contributed by atoms with Crippen molar-refractivity contribution in [3.63, 3.8) is 0 Å². The fourth-order valence-corrected chi connectivity index (χ4v) is 3.29. The summed E-state index contributed by atoms with van der Waals surface area (Å²) in [7, 11) is 0. The van der Waals surface area contributed by atoms with Gasteiger partial charge in [0.1, 0.15) is 0 Å². The smallest absolute Gasteiger partial charge is 0.220 e. The van der Waals surface area contributed by atoms with Crippen molar-refractivity contribution >= 4 is 5.91 Å². The summed E-state index contributed by atoms with van der Waals surface area (Å²) in [6.45, 7) is 2.30. The van der Waals surface area contributed by atoms with E-state index in [4.69, 9.17) is 9.52 Å². The van der Waals surface area contributed by atoms with E-state index >= 15 is 0 Å². The maximum atomic E-state index is 12.1. The minimum atomic E-state index is 0.0440. The van der Waals surface area contributed by atoms with Crippen molar-refractivity contribution in [3.05, 3.63) is 41.9 Å². The second-order valence-corrected chi connectivity index (χ2v) is 6.95. The van der Waals surface area contributed by atoms with Crippen molar-refractivity contribution in [1.82, 2.24) is 10.3 Å². The van der Waals surface area contributed by atoms with Crippen LogP contribution in [-0.4, -0.2) is 28.6 Å². The first-order valence-corrected chi connectivity index (χ1v) is 9.06. The Balaban J connectivity index is 1.46. The first kappa shape index (κ1) is 17.7. The Morgan fingerprint density at radius 3 is 2.64 bits per heavy atom. The van der Waals surface area contributed by atoms with E-state index in [2.05, 4.69) is 10.3 Å². The van der Waals surface area contributed by atoms with Gasteiger partial charge >= 0.3 is 0 Å². The molecule has 0 unspecified atom stereocenters. The lowest BCUT2D eigenvalue weighted by Gasteiger charge is -2.27. The Kier molecular flexibility index (Phi) is 5.87. The highest BCUT2D eigenvalue weighted by Gasteiger charge is 2.21. The Morgan fingerprint density at radius 2 is 1.96 bits per heavy atom. The number of nitrogens with one attached hydrogen (secondary N) is 1. The Bertz CT molecular complexity index is 685. The van der Waals surface area contributed by atoms with Crippen molar-refractivity contribution in [2.75, 3.05) is 6.61 Å². The number of carbonyl (C=O) groups is 1. The van der Waals surface area contributed by atoms with E-state index in [0.29, 0.717) is 24.7 Å². The number of hydrogen-bond acceptors (Lipinski definition) is 4. The number of aromatic nitrogens is 1. The molecule has 1 fully saturated rings. The number of aliphatic hydroxyl groups excluding tert-OH is 1. The van der Waals surface area contributed by atoms with Crippen LogP contribution in [0.25, 0.3) is 11.3 Å². The van der Waals surface area contributed by atoms with Crippen LogP contribution in [0.15, 0.2) is 34.9 Å². The summed E-state index contributed by atoms with van der Waals surface area (Å²) in [5.41, 5.74) is 2.20. The van der Waals surface area contributed by atoms with E-state index in [1.165, 1.54) is 5.56 Å². The number of rotatable bonds is 6. The van der Waals surface area contributed by atoms with Gasteiger partial charge in [-0.2, -0.15) is 0 Å². The van der Waals surface area contributed by atoms with E-state index in [-0.39, 0.29) is 18.6 Å². The summed E-state index contributed by atoms with van der Waals surface area (Å²) >= 11 is 0. The number of benzene rings is 1. The highest BCUT2D eigenvalue weighted by atomic mass is 16.4. The molecule has 1 aromatic carbocycles. The summed E-state index contributed by atoms with van der Waals surface area (Å²) in [6, 6.07) is 8.33. The summed E-state index contributed by atoms with van der Waals surface area (Å²) in [5.74, 6) is 1.77. The van der Waals surface area contributed by atoms with Gasteiger partial charge in [0.2, 0.25) is 5.91 Å². The fourth-order valence-electron chi connectivity index (χ4n) is 3.29. The van der Waals surface area contributed by atoms with Crippen LogP contribution in [0, 0.1) is 12.8 Å². The third-order valence-electron chi connectivity index (χ3n) is 4.93. The SMILES string of the molecule is Cc1ccc(-c2cnc(CCC(=O)NC3CCC(CO)CC3)o2)cc1. The zero-order valence-corrected chi connectivity index (χ0v) is 14.7. The third kappa shape index (κ3) is 4.92. The number of aliphatic hydroxyl groups is 1. The van der Waals surface area contributed by atoms with E-state index in [1.54, 1.807) is 6.20 Å². The molecule has 25 heavy (non-hydrogen) atoms. The second-order valence-electron chi connectivity index (χ2n) is 6.95. The average Bonchev–Trinajstić information content (AvgIpc) is 3.10. The van der Waals surface area contributed by atoms with Crippen LogP contribution in [-0.2, 0) is 11.2 Å². The normalized spacial score (nSPS) is 20.4. The summed E-state index contributed by atoms with van der Waals surface area (Å²) < 4.78 is 5.76. The number of amides is 1. The molecule has 1 aromatic heterocycles. The van der Waals surface area contributed by atoms with E-state index in [1.807, 2.05) is 31.2 Å². The molecular formula is C20H26N2O3. The molecular weight excluding hydrogens is 316 g/mol. The van der Waals surface area contributed by atoms with Gasteiger partial charge in [0.05, 0.1) is 6.20 Å². The van der Waals surface area contributed by atoms with Gasteiger partial charge in [-0.25, -0.2) is 4.98 Å². The van der Waals surface area contributed by atoms with Crippen LogP contribution in [0.2, 0.25) is 0 Å². The van der Waals surface area contributed by atoms with Gasteiger partial charge in [0.25, 0.3) is 0 Å². The van der Waals surface area contributed by atoms with Crippen LogP contribution in [0.5, 0.6) is 0 Å². The van der Waals surface area contributed by atoms with E-state index in [9.17, 15) is 4.79 Å². The highest BCUT2D eigenvalue weighted by molar-refractivity contribution is 5.76. The Labute approximate surface area is 148 Å². The zero-order valence-electron chi connectivity index (χ0n) is 14.7. The van der Waals surface area contributed by atoms with Crippen molar-refractivity contribution in [3.8, 4) is 11.3 Å². The van der Waals surface area contributed by atoms with Gasteiger partial charge < -0.3 is 14.8 Å². The van der Waals surface area contributed by atoms with Gasteiger partial charge in [0, 0.05) is 31.1 Å². The third-order valence-corrected chi connectivity index (χ3v) is 4.93. The topological polar surface area (TPSA) is 75.4 Å². The van der Waals surface area contributed by atoms with Crippen molar-refractivity contribution in [2.45, 2.75) is 51.5 Å². The minimum absolute atomic E-state index is 0.0440. The van der Waals surface area contributed by atoms with Gasteiger partial charge in [0.15, 0.2) is 11.7 Å². The molecule has 0 atom stereocenters. The number of carbonyl (C=O) groups excluding carboxylic acids is 1. The standard InChI is InChI=1S/C20H26N2O3/c1-14-2-6-16(7-3-14)18-12-21-20(25-18)11-10-19(24)22-17-8-4-15(13-23)5-9-17/h2-3,6-7,12,15,17,23H,4-5,8-11,13H2,1H3,(H,22,24). The highest BCUT2D eigenvalue weighted by Crippen LogP contribution is 2.24. The molecule has 1 aliphatic carbocycles. The number of oxazole rings is 1. The lowest BCUT2D eigenvalue weighted by molar-refractivity contribution is -0.122. The van der Waals surface area contributed by atoms with Crippen LogP contribution in [0.1, 0.15) is 43.6 Å². The van der Waals surface area contributed by atoms with Gasteiger partial charge in [-0.3, -0.25) is 4.79 Å². The van der Waals surface area contributed by atoms with Crippen molar-refractivity contribution < 1.29 is 14.3 Å². The molecule has 0 radical (unpaired) electrons. The largest absolute Gasteiger partial charge is 0.441 e. The van der Waals surface area contributed by atoms with Gasteiger partial charge in [-0.1, -0.05) is 29.8 Å². The molecule has 1 aliphatic rings. The summed E-state index contributed by atoms with van der Waals surface area (Å²) in [5, 5.41) is 12.3. The van der Waals surface area contributed by atoms with Crippen molar-refractivity contribution in [1.29, 1.82) is 0 Å². The zero-order chi connectivity index (χ0) is 17.6. The summed E-state index contributed by atoms with van der Waals surface area (Å²) in [6.07, 6.45) is 6.48. The molecule has 5 nitrogen and oxygen atoms in total. The molecule has 0 spiro atoms. The molecule has 0 saturated heterocycles. The summed E-state index contributed by atoms with van der Waals surface area (Å²) in [4.78, 5) is 16.4. The molecule has 3 rings (SSSR count). The Hall–Kier alpha value is -2.14. The molecule has 1 amide bonds. The molecule has 2 aromatic rings. The molecule has 0 aliphatic heterocycles. The predicted octanol–water partition coefficient (Wildman–Crippen LogP) is 3.25. The van der Waals surface area contributed by atoms with Crippen LogP contribution in [0.3, 0.4) is 0 Å².